The third-order valence-corrected chi connectivity index (χ3v) is 4.05. The lowest BCUT2D eigenvalue weighted by Gasteiger charge is -2.31. The summed E-state index contributed by atoms with van der Waals surface area (Å²) in [6.07, 6.45) is 5.03. The lowest BCUT2D eigenvalue weighted by molar-refractivity contribution is 0.414. The van der Waals surface area contributed by atoms with Crippen molar-refractivity contribution in [2.75, 3.05) is 18.6 Å². The fraction of sp³-hybridized carbons (Fsp3) is 0.533. The van der Waals surface area contributed by atoms with Gasteiger partial charge >= 0.3 is 0 Å². The Morgan fingerprint density at radius 1 is 1.37 bits per heavy atom. The molecule has 1 aliphatic heterocycles. The monoisotopic (exact) mass is 278 g/mol. The van der Waals surface area contributed by atoms with Gasteiger partial charge in [-0.15, -0.1) is 0 Å². The van der Waals surface area contributed by atoms with Crippen LogP contribution in [0.3, 0.4) is 0 Å². The van der Waals surface area contributed by atoms with Gasteiger partial charge in [-0.1, -0.05) is 25.1 Å². The summed E-state index contributed by atoms with van der Waals surface area (Å²) in [7, 11) is 1.69. The molecule has 1 aromatic carbocycles. The zero-order valence-corrected chi connectivity index (χ0v) is 12.5. The molecule has 0 amide bonds. The summed E-state index contributed by atoms with van der Waals surface area (Å²) < 4.78 is 5.34. The Balaban J connectivity index is 2.41. The van der Waals surface area contributed by atoms with Crippen LogP contribution in [0.5, 0.6) is 5.75 Å². The molecule has 0 aliphatic carbocycles. The molecule has 0 saturated carbocycles. The van der Waals surface area contributed by atoms with E-state index in [0.29, 0.717) is 11.0 Å². The molecule has 0 spiro atoms. The van der Waals surface area contributed by atoms with Gasteiger partial charge in [0.25, 0.3) is 0 Å². The van der Waals surface area contributed by atoms with E-state index < -0.39 is 0 Å². The summed E-state index contributed by atoms with van der Waals surface area (Å²) >= 11 is 5.18. The van der Waals surface area contributed by atoms with E-state index in [4.69, 9.17) is 22.7 Å². The zero-order chi connectivity index (χ0) is 13.8. The molecule has 3 nitrogen and oxygen atoms in total. The number of thiocarbonyl (C=S) groups is 1. The van der Waals surface area contributed by atoms with Gasteiger partial charge in [-0.05, 0) is 31.9 Å². The minimum absolute atomic E-state index is 0.453. The van der Waals surface area contributed by atoms with Gasteiger partial charge in [-0.2, -0.15) is 0 Å². The third kappa shape index (κ3) is 3.18. The molecule has 0 aromatic heterocycles. The van der Waals surface area contributed by atoms with Crippen molar-refractivity contribution in [3.63, 3.8) is 0 Å². The van der Waals surface area contributed by atoms with Gasteiger partial charge in [0.2, 0.25) is 0 Å². The van der Waals surface area contributed by atoms with Gasteiger partial charge in [0.1, 0.15) is 10.7 Å². The number of rotatable bonds is 3. The van der Waals surface area contributed by atoms with Crippen molar-refractivity contribution in [2.24, 2.45) is 5.73 Å². The highest BCUT2D eigenvalue weighted by molar-refractivity contribution is 7.80. The van der Waals surface area contributed by atoms with Crippen LogP contribution in [0, 0.1) is 0 Å². The molecule has 2 rings (SSSR count). The maximum atomic E-state index is 5.86. The Morgan fingerprint density at radius 3 is 2.84 bits per heavy atom. The van der Waals surface area contributed by atoms with Gasteiger partial charge < -0.3 is 15.4 Å². The molecule has 2 N–H and O–H groups in total. The summed E-state index contributed by atoms with van der Waals surface area (Å²) in [5, 5.41) is 0. The van der Waals surface area contributed by atoms with Crippen LogP contribution in [0.15, 0.2) is 18.2 Å². The predicted molar refractivity (Wildman–Crippen MR) is 84.2 cm³/mol. The van der Waals surface area contributed by atoms with E-state index in [-0.39, 0.29) is 0 Å². The van der Waals surface area contributed by atoms with E-state index in [1.165, 1.54) is 25.7 Å². The zero-order valence-electron chi connectivity index (χ0n) is 11.7. The average molecular weight is 278 g/mol. The standard InChI is InChI=1S/C15H22N2OS/c1-11-6-4-3-5-9-17(11)14-10-12(18-2)7-8-13(14)15(16)19/h7-8,10-11H,3-6,9H2,1-2H3,(H2,16,19). The molecule has 0 bridgehead atoms. The molecule has 1 aromatic rings. The topological polar surface area (TPSA) is 38.5 Å². The number of methoxy groups -OCH3 is 1. The largest absolute Gasteiger partial charge is 0.497 e. The highest BCUT2D eigenvalue weighted by atomic mass is 32.1. The number of hydrogen-bond donors (Lipinski definition) is 1. The van der Waals surface area contributed by atoms with Gasteiger partial charge in [0.05, 0.1) is 12.8 Å². The Kier molecular flexibility index (Phi) is 4.64. The van der Waals surface area contributed by atoms with E-state index in [2.05, 4.69) is 17.9 Å². The second-order valence-electron chi connectivity index (χ2n) is 5.14. The quantitative estimate of drug-likeness (QED) is 0.862. The lowest BCUT2D eigenvalue weighted by Crippen LogP contribution is -2.34. The molecular weight excluding hydrogens is 256 g/mol. The molecule has 1 unspecified atom stereocenters. The molecule has 0 radical (unpaired) electrons. The highest BCUT2D eigenvalue weighted by Crippen LogP contribution is 2.30. The molecule has 4 heteroatoms. The van der Waals surface area contributed by atoms with Crippen molar-refractivity contribution >= 4 is 22.9 Å². The first-order valence-corrected chi connectivity index (χ1v) is 7.29. The van der Waals surface area contributed by atoms with Crippen molar-refractivity contribution in [1.29, 1.82) is 0 Å². The number of benzene rings is 1. The number of anilines is 1. The van der Waals surface area contributed by atoms with Crippen molar-refractivity contribution < 1.29 is 4.74 Å². The molecular formula is C15H22N2OS. The van der Waals surface area contributed by atoms with E-state index in [1.807, 2.05) is 12.1 Å². The molecule has 104 valence electrons. The molecule has 1 fully saturated rings. The molecule has 1 heterocycles. The highest BCUT2D eigenvalue weighted by Gasteiger charge is 2.21. The normalized spacial score (nSPS) is 19.9. The lowest BCUT2D eigenvalue weighted by atomic mass is 10.1. The maximum Gasteiger partial charge on any atom is 0.120 e. The predicted octanol–water partition coefficient (Wildman–Crippen LogP) is 3.10. The molecule has 19 heavy (non-hydrogen) atoms. The first-order chi connectivity index (χ1) is 9.13. The fourth-order valence-corrected chi connectivity index (χ4v) is 2.89. The minimum atomic E-state index is 0.453. The van der Waals surface area contributed by atoms with Crippen LogP contribution in [0.25, 0.3) is 0 Å². The van der Waals surface area contributed by atoms with Crippen LogP contribution < -0.4 is 15.4 Å². The van der Waals surface area contributed by atoms with Crippen molar-refractivity contribution in [3.05, 3.63) is 23.8 Å². The van der Waals surface area contributed by atoms with Gasteiger partial charge in [-0.25, -0.2) is 0 Å². The van der Waals surface area contributed by atoms with E-state index >= 15 is 0 Å². The second-order valence-corrected chi connectivity index (χ2v) is 5.58. The summed E-state index contributed by atoms with van der Waals surface area (Å²) in [5.41, 5.74) is 7.92. The van der Waals surface area contributed by atoms with E-state index in [1.54, 1.807) is 7.11 Å². The average Bonchev–Trinajstić information content (AvgIpc) is 2.62. The number of ether oxygens (including phenoxy) is 1. The SMILES string of the molecule is COc1ccc(C(N)=S)c(N2CCCCCC2C)c1. The summed E-state index contributed by atoms with van der Waals surface area (Å²) in [6.45, 7) is 3.33. The van der Waals surface area contributed by atoms with Crippen LogP contribution in [0.2, 0.25) is 0 Å². The van der Waals surface area contributed by atoms with Gasteiger partial charge in [0.15, 0.2) is 0 Å². The first-order valence-electron chi connectivity index (χ1n) is 6.88. The molecule has 1 aliphatic rings. The van der Waals surface area contributed by atoms with Crippen LogP contribution in [0.1, 0.15) is 38.2 Å². The Hall–Kier alpha value is -1.29. The number of nitrogens with zero attached hydrogens (tertiary/aromatic N) is 1. The van der Waals surface area contributed by atoms with E-state index in [9.17, 15) is 0 Å². The Bertz CT molecular complexity index is 461. The maximum absolute atomic E-state index is 5.86. The van der Waals surface area contributed by atoms with Crippen LogP contribution in [-0.4, -0.2) is 24.7 Å². The summed E-state index contributed by atoms with van der Waals surface area (Å²) in [6, 6.07) is 6.45. The minimum Gasteiger partial charge on any atom is -0.497 e. The van der Waals surface area contributed by atoms with Crippen LogP contribution >= 0.6 is 12.2 Å². The third-order valence-electron chi connectivity index (χ3n) is 3.83. The molecule has 1 saturated heterocycles. The van der Waals surface area contributed by atoms with Crippen molar-refractivity contribution in [1.82, 2.24) is 0 Å². The number of hydrogen-bond acceptors (Lipinski definition) is 3. The number of nitrogens with two attached hydrogens (primary N) is 1. The second kappa shape index (κ2) is 6.24. The Labute approximate surface area is 120 Å². The first kappa shape index (κ1) is 14.1. The summed E-state index contributed by atoms with van der Waals surface area (Å²) in [5.74, 6) is 0.853. The fourth-order valence-electron chi connectivity index (χ4n) is 2.72. The van der Waals surface area contributed by atoms with Crippen LogP contribution in [0.4, 0.5) is 5.69 Å². The Morgan fingerprint density at radius 2 is 2.16 bits per heavy atom. The van der Waals surface area contributed by atoms with Crippen molar-refractivity contribution in [3.8, 4) is 5.75 Å². The van der Waals surface area contributed by atoms with Crippen LogP contribution in [-0.2, 0) is 0 Å². The van der Waals surface area contributed by atoms with Crippen molar-refractivity contribution in [2.45, 2.75) is 38.6 Å². The smallest absolute Gasteiger partial charge is 0.120 e. The van der Waals surface area contributed by atoms with Gasteiger partial charge in [0, 0.05) is 24.2 Å². The molecule has 1 atom stereocenters. The van der Waals surface area contributed by atoms with Gasteiger partial charge in [-0.3, -0.25) is 0 Å². The summed E-state index contributed by atoms with van der Waals surface area (Å²) in [4.78, 5) is 2.87. The van der Waals surface area contributed by atoms with E-state index in [0.717, 1.165) is 23.5 Å².